The third kappa shape index (κ3) is 0.992. The van der Waals surface area contributed by atoms with E-state index in [1.165, 1.54) is 11.3 Å². The number of fused-ring (bicyclic) bond motifs is 3. The lowest BCUT2D eigenvalue weighted by atomic mass is 10.2. The lowest BCUT2D eigenvalue weighted by Crippen LogP contribution is -1.76. The third-order valence-corrected chi connectivity index (χ3v) is 3.23. The predicted molar refractivity (Wildman–Crippen MR) is 58.8 cm³/mol. The molecule has 0 fully saturated rings. The summed E-state index contributed by atoms with van der Waals surface area (Å²) in [5, 5.41) is 11.9. The maximum absolute atomic E-state index is 9.41. The highest BCUT2D eigenvalue weighted by molar-refractivity contribution is 7.21. The Kier molecular flexibility index (Phi) is 1.49. The monoisotopic (exact) mass is 201 g/mol. The van der Waals surface area contributed by atoms with Crippen molar-refractivity contribution in [1.29, 1.82) is 0 Å². The quantitative estimate of drug-likeness (QED) is 0.606. The number of hydrogen-bond acceptors (Lipinski definition) is 3. The summed E-state index contributed by atoms with van der Waals surface area (Å²) in [5.74, 6) is 0. The Bertz CT molecular complexity index is 615. The smallest absolute Gasteiger partial charge is 0.172 e. The highest BCUT2D eigenvalue weighted by Crippen LogP contribution is 2.34. The SMILES string of the molecule is Oc1cc2cnc3ccccc3c2s1. The fourth-order valence-electron chi connectivity index (χ4n) is 1.62. The van der Waals surface area contributed by atoms with E-state index in [2.05, 4.69) is 4.98 Å². The lowest BCUT2D eigenvalue weighted by molar-refractivity contribution is 0.491. The van der Waals surface area contributed by atoms with Crippen LogP contribution in [0.3, 0.4) is 0 Å². The molecule has 14 heavy (non-hydrogen) atoms. The molecule has 0 atom stereocenters. The fourth-order valence-corrected chi connectivity index (χ4v) is 2.52. The summed E-state index contributed by atoms with van der Waals surface area (Å²) < 4.78 is 1.10. The standard InChI is InChI=1S/C11H7NOS/c13-10-5-7-6-12-9-4-2-1-3-8(9)11(7)14-10/h1-6,13H. The van der Waals surface area contributed by atoms with E-state index in [9.17, 15) is 5.11 Å². The van der Waals surface area contributed by atoms with Crippen LogP contribution in [0.25, 0.3) is 21.0 Å². The van der Waals surface area contributed by atoms with Gasteiger partial charge in [0.15, 0.2) is 5.06 Å². The molecule has 0 spiro atoms. The fraction of sp³-hybridized carbons (Fsp3) is 0. The van der Waals surface area contributed by atoms with Crippen LogP contribution in [0.4, 0.5) is 0 Å². The number of pyridine rings is 1. The molecular formula is C11H7NOS. The van der Waals surface area contributed by atoms with Crippen LogP contribution in [0.2, 0.25) is 0 Å². The summed E-state index contributed by atoms with van der Waals surface area (Å²) in [7, 11) is 0. The average Bonchev–Trinajstić information content (AvgIpc) is 2.59. The van der Waals surface area contributed by atoms with Gasteiger partial charge in [-0.25, -0.2) is 0 Å². The van der Waals surface area contributed by atoms with Gasteiger partial charge in [-0.2, -0.15) is 0 Å². The minimum absolute atomic E-state index is 0.346. The molecule has 1 aromatic carbocycles. The molecule has 3 aromatic rings. The van der Waals surface area contributed by atoms with Gasteiger partial charge in [-0.05, 0) is 6.07 Å². The first-order valence-electron chi connectivity index (χ1n) is 4.31. The third-order valence-electron chi connectivity index (χ3n) is 2.24. The van der Waals surface area contributed by atoms with E-state index in [-0.39, 0.29) is 0 Å². The minimum atomic E-state index is 0.346. The van der Waals surface area contributed by atoms with Crippen molar-refractivity contribution in [2.45, 2.75) is 0 Å². The van der Waals surface area contributed by atoms with Crippen LogP contribution in [0.1, 0.15) is 0 Å². The zero-order valence-electron chi connectivity index (χ0n) is 7.27. The van der Waals surface area contributed by atoms with E-state index in [1.54, 1.807) is 12.3 Å². The number of thiophene rings is 1. The minimum Gasteiger partial charge on any atom is -0.499 e. The molecular weight excluding hydrogens is 194 g/mol. The lowest BCUT2D eigenvalue weighted by Gasteiger charge is -1.96. The number of rotatable bonds is 0. The van der Waals surface area contributed by atoms with Gasteiger partial charge in [0.25, 0.3) is 0 Å². The zero-order valence-corrected chi connectivity index (χ0v) is 8.08. The van der Waals surface area contributed by atoms with Crippen LogP contribution in [-0.4, -0.2) is 10.1 Å². The molecule has 1 N–H and O–H groups in total. The van der Waals surface area contributed by atoms with Crippen molar-refractivity contribution < 1.29 is 5.11 Å². The average molecular weight is 201 g/mol. The highest BCUT2D eigenvalue weighted by atomic mass is 32.1. The molecule has 0 aliphatic heterocycles. The van der Waals surface area contributed by atoms with Crippen molar-refractivity contribution in [3.05, 3.63) is 36.5 Å². The molecule has 0 aliphatic carbocycles. The number of nitrogens with zero attached hydrogens (tertiary/aromatic N) is 1. The Morgan fingerprint density at radius 3 is 3.00 bits per heavy atom. The Hall–Kier alpha value is -1.61. The molecule has 0 radical (unpaired) electrons. The van der Waals surface area contributed by atoms with Crippen molar-refractivity contribution >= 4 is 32.3 Å². The van der Waals surface area contributed by atoms with Crippen molar-refractivity contribution in [3.63, 3.8) is 0 Å². The van der Waals surface area contributed by atoms with Crippen LogP contribution in [0, 0.1) is 0 Å². The second-order valence-electron chi connectivity index (χ2n) is 3.14. The second kappa shape index (κ2) is 2.69. The molecule has 2 aromatic heterocycles. The molecule has 68 valence electrons. The zero-order chi connectivity index (χ0) is 9.54. The van der Waals surface area contributed by atoms with Gasteiger partial charge in [0.05, 0.1) is 5.52 Å². The number of benzene rings is 1. The number of aromatic hydroxyl groups is 1. The van der Waals surface area contributed by atoms with Crippen molar-refractivity contribution in [1.82, 2.24) is 4.98 Å². The molecule has 2 nitrogen and oxygen atoms in total. The maximum Gasteiger partial charge on any atom is 0.172 e. The molecule has 0 unspecified atom stereocenters. The molecule has 0 bridgehead atoms. The molecule has 3 heteroatoms. The van der Waals surface area contributed by atoms with Gasteiger partial charge in [-0.15, -0.1) is 0 Å². The molecule has 3 rings (SSSR count). The summed E-state index contributed by atoms with van der Waals surface area (Å²) in [5.41, 5.74) is 0.974. The van der Waals surface area contributed by atoms with E-state index in [1.807, 2.05) is 24.3 Å². The Morgan fingerprint density at radius 1 is 1.21 bits per heavy atom. The van der Waals surface area contributed by atoms with Gasteiger partial charge in [0.1, 0.15) is 0 Å². The van der Waals surface area contributed by atoms with Crippen LogP contribution >= 0.6 is 11.3 Å². The van der Waals surface area contributed by atoms with Gasteiger partial charge < -0.3 is 5.11 Å². The van der Waals surface area contributed by atoms with E-state index in [0.717, 1.165) is 21.0 Å². The summed E-state index contributed by atoms with van der Waals surface area (Å²) in [6, 6.07) is 9.71. The van der Waals surface area contributed by atoms with Crippen LogP contribution in [0.5, 0.6) is 5.06 Å². The van der Waals surface area contributed by atoms with Crippen molar-refractivity contribution in [2.75, 3.05) is 0 Å². The van der Waals surface area contributed by atoms with Crippen LogP contribution < -0.4 is 0 Å². The molecule has 0 amide bonds. The number of aromatic nitrogens is 1. The first-order valence-corrected chi connectivity index (χ1v) is 5.12. The number of para-hydroxylation sites is 1. The van der Waals surface area contributed by atoms with Gasteiger partial charge in [0.2, 0.25) is 0 Å². The Morgan fingerprint density at radius 2 is 2.07 bits per heavy atom. The first-order chi connectivity index (χ1) is 6.84. The Balaban J connectivity index is 2.60. The first kappa shape index (κ1) is 7.76. The van der Waals surface area contributed by atoms with Crippen LogP contribution in [-0.2, 0) is 0 Å². The van der Waals surface area contributed by atoms with Crippen molar-refractivity contribution in [3.8, 4) is 5.06 Å². The maximum atomic E-state index is 9.41. The summed E-state index contributed by atoms with van der Waals surface area (Å²) >= 11 is 1.40. The highest BCUT2D eigenvalue weighted by Gasteiger charge is 2.04. The molecule has 0 saturated carbocycles. The van der Waals surface area contributed by atoms with E-state index >= 15 is 0 Å². The van der Waals surface area contributed by atoms with E-state index in [0.29, 0.717) is 5.06 Å². The van der Waals surface area contributed by atoms with Crippen LogP contribution in [0.15, 0.2) is 36.5 Å². The molecule has 0 saturated heterocycles. The molecule has 0 aliphatic rings. The van der Waals surface area contributed by atoms with E-state index in [4.69, 9.17) is 0 Å². The Labute approximate surface area is 84.4 Å². The van der Waals surface area contributed by atoms with Gasteiger partial charge in [0, 0.05) is 27.7 Å². The largest absolute Gasteiger partial charge is 0.499 e. The predicted octanol–water partition coefficient (Wildman–Crippen LogP) is 3.16. The molecule has 2 heterocycles. The van der Waals surface area contributed by atoms with E-state index < -0.39 is 0 Å². The second-order valence-corrected chi connectivity index (χ2v) is 4.18. The normalized spacial score (nSPS) is 11.1. The number of hydrogen-bond donors (Lipinski definition) is 1. The van der Waals surface area contributed by atoms with Crippen molar-refractivity contribution in [2.24, 2.45) is 0 Å². The summed E-state index contributed by atoms with van der Waals surface area (Å²) in [6.45, 7) is 0. The van der Waals surface area contributed by atoms with Gasteiger partial charge >= 0.3 is 0 Å². The topological polar surface area (TPSA) is 33.1 Å². The van der Waals surface area contributed by atoms with Gasteiger partial charge in [-0.3, -0.25) is 4.98 Å². The van der Waals surface area contributed by atoms with Gasteiger partial charge in [-0.1, -0.05) is 29.5 Å². The summed E-state index contributed by atoms with van der Waals surface area (Å²) in [4.78, 5) is 4.32. The summed E-state index contributed by atoms with van der Waals surface area (Å²) in [6.07, 6.45) is 1.80.